The number of nitrogens with zero attached hydrogens (tertiary/aromatic N) is 1. The van der Waals surface area contributed by atoms with E-state index in [1.165, 1.54) is 16.9 Å². The number of thiazole rings is 1. The fraction of sp³-hybridized carbons (Fsp3) is 0.231. The molecule has 0 unspecified atom stereocenters. The van der Waals surface area contributed by atoms with Crippen LogP contribution in [0, 0.1) is 6.92 Å². The van der Waals surface area contributed by atoms with Crippen molar-refractivity contribution >= 4 is 17.1 Å². The number of carbonyl (C=O) groups excluding carboxylic acids is 1. The van der Waals surface area contributed by atoms with Gasteiger partial charge in [-0.05, 0) is 12.5 Å². The van der Waals surface area contributed by atoms with Gasteiger partial charge in [0.25, 0.3) is 0 Å². The van der Waals surface area contributed by atoms with E-state index < -0.39 is 0 Å². The molecule has 2 nitrogen and oxygen atoms in total. The van der Waals surface area contributed by atoms with E-state index in [1.807, 2.05) is 25.1 Å². The Hall–Kier alpha value is -1.48. The predicted molar refractivity (Wildman–Crippen MR) is 65.7 cm³/mol. The summed E-state index contributed by atoms with van der Waals surface area (Å²) in [6.45, 7) is 2.04. The second-order valence-corrected chi connectivity index (χ2v) is 4.82. The van der Waals surface area contributed by atoms with Gasteiger partial charge in [-0.2, -0.15) is 0 Å². The molecule has 1 aromatic carbocycles. The van der Waals surface area contributed by atoms with Crippen LogP contribution in [0.5, 0.6) is 0 Å². The zero-order chi connectivity index (χ0) is 11.4. The molecule has 2 aromatic rings. The van der Waals surface area contributed by atoms with Gasteiger partial charge in [0.1, 0.15) is 5.78 Å². The van der Waals surface area contributed by atoms with E-state index in [0.29, 0.717) is 12.8 Å². The van der Waals surface area contributed by atoms with E-state index in [-0.39, 0.29) is 5.78 Å². The van der Waals surface area contributed by atoms with Gasteiger partial charge in [-0.3, -0.25) is 9.78 Å². The summed E-state index contributed by atoms with van der Waals surface area (Å²) in [4.78, 5) is 16.8. The van der Waals surface area contributed by atoms with Gasteiger partial charge in [0.15, 0.2) is 0 Å². The zero-order valence-corrected chi connectivity index (χ0v) is 9.96. The number of aryl methyl sites for hydroxylation is 1. The van der Waals surface area contributed by atoms with E-state index in [2.05, 4.69) is 11.1 Å². The number of Topliss-reactive ketones (excluding diaryl/α,β-unsaturated/α-hetero) is 1. The van der Waals surface area contributed by atoms with Crippen LogP contribution >= 0.6 is 11.3 Å². The summed E-state index contributed by atoms with van der Waals surface area (Å²) < 4.78 is 0. The van der Waals surface area contributed by atoms with Crippen LogP contribution in [-0.4, -0.2) is 10.8 Å². The Morgan fingerprint density at radius 2 is 2.25 bits per heavy atom. The molecule has 82 valence electrons. The topological polar surface area (TPSA) is 30.0 Å². The first kappa shape index (κ1) is 11.0. The van der Waals surface area contributed by atoms with Gasteiger partial charge in [-0.1, -0.05) is 29.8 Å². The van der Waals surface area contributed by atoms with Gasteiger partial charge in [-0.15, -0.1) is 11.3 Å². The van der Waals surface area contributed by atoms with Crippen LogP contribution < -0.4 is 0 Å². The Balaban J connectivity index is 1.97. The lowest BCUT2D eigenvalue weighted by Crippen LogP contribution is -2.05. The predicted octanol–water partition coefficient (Wildman–Crippen LogP) is 2.81. The van der Waals surface area contributed by atoms with Gasteiger partial charge < -0.3 is 0 Å². The lowest BCUT2D eigenvalue weighted by molar-refractivity contribution is -0.117. The SMILES string of the molecule is Cc1cccc(CC(=O)Cc2cncs2)c1. The molecule has 0 N–H and O–H groups in total. The maximum absolute atomic E-state index is 11.8. The lowest BCUT2D eigenvalue weighted by atomic mass is 10.0. The Morgan fingerprint density at radius 3 is 2.94 bits per heavy atom. The summed E-state index contributed by atoms with van der Waals surface area (Å²) in [7, 11) is 0. The van der Waals surface area contributed by atoms with Crippen LogP contribution in [-0.2, 0) is 17.6 Å². The van der Waals surface area contributed by atoms with Gasteiger partial charge >= 0.3 is 0 Å². The molecule has 2 rings (SSSR count). The monoisotopic (exact) mass is 231 g/mol. The Morgan fingerprint density at radius 1 is 1.38 bits per heavy atom. The maximum atomic E-state index is 11.8. The van der Waals surface area contributed by atoms with Crippen LogP contribution in [0.15, 0.2) is 36.0 Å². The Kier molecular flexibility index (Phi) is 3.47. The molecule has 16 heavy (non-hydrogen) atoms. The van der Waals surface area contributed by atoms with Crippen molar-refractivity contribution in [2.45, 2.75) is 19.8 Å². The van der Waals surface area contributed by atoms with Crippen molar-refractivity contribution in [1.29, 1.82) is 0 Å². The molecular weight excluding hydrogens is 218 g/mol. The van der Waals surface area contributed by atoms with Crippen LogP contribution in [0.25, 0.3) is 0 Å². The van der Waals surface area contributed by atoms with Crippen molar-refractivity contribution < 1.29 is 4.79 Å². The molecule has 0 amide bonds. The fourth-order valence-corrected chi connectivity index (χ4v) is 2.26. The Labute approximate surface area is 99.0 Å². The molecule has 0 fully saturated rings. The summed E-state index contributed by atoms with van der Waals surface area (Å²) >= 11 is 1.53. The van der Waals surface area contributed by atoms with Gasteiger partial charge in [0, 0.05) is 23.9 Å². The average Bonchev–Trinajstić information content (AvgIpc) is 2.70. The van der Waals surface area contributed by atoms with Crippen molar-refractivity contribution in [2.75, 3.05) is 0 Å². The molecule has 0 aliphatic carbocycles. The molecule has 3 heteroatoms. The van der Waals surface area contributed by atoms with Crippen LogP contribution in [0.2, 0.25) is 0 Å². The van der Waals surface area contributed by atoms with Crippen molar-refractivity contribution in [3.8, 4) is 0 Å². The van der Waals surface area contributed by atoms with Crippen LogP contribution in [0.1, 0.15) is 16.0 Å². The fourth-order valence-electron chi connectivity index (χ4n) is 1.64. The molecule has 0 spiro atoms. The number of hydrogen-bond acceptors (Lipinski definition) is 3. The summed E-state index contributed by atoms with van der Waals surface area (Å²) in [5.41, 5.74) is 4.05. The van der Waals surface area contributed by atoms with E-state index in [9.17, 15) is 4.79 Å². The number of benzene rings is 1. The number of rotatable bonds is 4. The number of hydrogen-bond donors (Lipinski definition) is 0. The molecule has 0 saturated heterocycles. The summed E-state index contributed by atoms with van der Waals surface area (Å²) in [5.74, 6) is 0.245. The third-order valence-electron chi connectivity index (χ3n) is 2.34. The minimum absolute atomic E-state index is 0.245. The van der Waals surface area contributed by atoms with Crippen LogP contribution in [0.3, 0.4) is 0 Å². The van der Waals surface area contributed by atoms with Crippen molar-refractivity contribution in [2.24, 2.45) is 0 Å². The third kappa shape index (κ3) is 3.00. The largest absolute Gasteiger partial charge is 0.299 e. The normalized spacial score (nSPS) is 10.3. The maximum Gasteiger partial charge on any atom is 0.142 e. The summed E-state index contributed by atoms with van der Waals surface area (Å²) in [6.07, 6.45) is 2.77. The first-order valence-electron chi connectivity index (χ1n) is 5.18. The number of ketones is 1. The highest BCUT2D eigenvalue weighted by atomic mass is 32.1. The number of aromatic nitrogens is 1. The average molecular weight is 231 g/mol. The minimum Gasteiger partial charge on any atom is -0.299 e. The van der Waals surface area contributed by atoms with Crippen LogP contribution in [0.4, 0.5) is 0 Å². The highest BCUT2D eigenvalue weighted by Gasteiger charge is 2.06. The van der Waals surface area contributed by atoms with E-state index in [0.717, 1.165) is 10.4 Å². The lowest BCUT2D eigenvalue weighted by Gasteiger charge is -2.01. The standard InChI is InChI=1S/C13H13NOS/c1-10-3-2-4-11(5-10)6-12(15)7-13-8-14-9-16-13/h2-5,8-9H,6-7H2,1H3. The zero-order valence-electron chi connectivity index (χ0n) is 9.14. The molecule has 0 aliphatic heterocycles. The second kappa shape index (κ2) is 5.03. The molecule has 0 radical (unpaired) electrons. The minimum atomic E-state index is 0.245. The molecule has 1 aromatic heterocycles. The first-order valence-corrected chi connectivity index (χ1v) is 6.06. The summed E-state index contributed by atoms with van der Waals surface area (Å²) in [5, 5.41) is 0. The summed E-state index contributed by atoms with van der Waals surface area (Å²) in [6, 6.07) is 8.09. The van der Waals surface area contributed by atoms with Gasteiger partial charge in [-0.25, -0.2) is 0 Å². The van der Waals surface area contributed by atoms with Crippen molar-refractivity contribution in [1.82, 2.24) is 4.98 Å². The van der Waals surface area contributed by atoms with Crippen molar-refractivity contribution in [3.63, 3.8) is 0 Å². The van der Waals surface area contributed by atoms with E-state index in [1.54, 1.807) is 11.7 Å². The quantitative estimate of drug-likeness (QED) is 0.810. The Bertz CT molecular complexity index is 476. The van der Waals surface area contributed by atoms with E-state index in [4.69, 9.17) is 0 Å². The number of carbonyl (C=O) groups is 1. The van der Waals surface area contributed by atoms with Gasteiger partial charge in [0.05, 0.1) is 5.51 Å². The molecule has 0 aliphatic rings. The molecular formula is C13H13NOS. The molecule has 1 heterocycles. The third-order valence-corrected chi connectivity index (χ3v) is 3.12. The van der Waals surface area contributed by atoms with Gasteiger partial charge in [0.2, 0.25) is 0 Å². The van der Waals surface area contributed by atoms with Crippen molar-refractivity contribution in [3.05, 3.63) is 52.0 Å². The smallest absolute Gasteiger partial charge is 0.142 e. The second-order valence-electron chi connectivity index (χ2n) is 3.85. The first-order chi connectivity index (χ1) is 7.74. The molecule has 0 atom stereocenters. The molecule has 0 bridgehead atoms. The highest BCUT2D eigenvalue weighted by molar-refractivity contribution is 7.09. The highest BCUT2D eigenvalue weighted by Crippen LogP contribution is 2.10. The van der Waals surface area contributed by atoms with E-state index >= 15 is 0 Å². The molecule has 0 saturated carbocycles.